The minimum atomic E-state index is 0.759. The molecule has 0 amide bonds. The summed E-state index contributed by atoms with van der Waals surface area (Å²) in [5.74, 6) is 0. The lowest BCUT2D eigenvalue weighted by Crippen LogP contribution is -2.11. The molecule has 0 atom stereocenters. The van der Waals surface area contributed by atoms with Crippen LogP contribution in [0.4, 0.5) is 5.69 Å². The summed E-state index contributed by atoms with van der Waals surface area (Å²) in [6.07, 6.45) is 0. The molecule has 2 nitrogen and oxygen atoms in total. The molecule has 0 spiro atoms. The minimum absolute atomic E-state index is 0.759. The van der Waals surface area contributed by atoms with Crippen LogP contribution < -0.4 is 10.6 Å². The molecule has 0 saturated heterocycles. The SMILES string of the molecule is C=C(NCc1cccc(NC)c1)c1ccc(-c2ccccc2)cc1. The van der Waals surface area contributed by atoms with Crippen LogP contribution in [0.1, 0.15) is 11.1 Å². The van der Waals surface area contributed by atoms with Gasteiger partial charge in [-0.2, -0.15) is 0 Å². The molecule has 3 aromatic carbocycles. The van der Waals surface area contributed by atoms with E-state index in [-0.39, 0.29) is 0 Å². The van der Waals surface area contributed by atoms with E-state index in [1.807, 2.05) is 13.1 Å². The van der Waals surface area contributed by atoms with Gasteiger partial charge in [-0.15, -0.1) is 0 Å². The summed E-state index contributed by atoms with van der Waals surface area (Å²) in [6, 6.07) is 27.3. The second-order valence-electron chi connectivity index (χ2n) is 5.73. The zero-order chi connectivity index (χ0) is 16.8. The fourth-order valence-electron chi connectivity index (χ4n) is 2.64. The maximum absolute atomic E-state index is 4.16. The fraction of sp³-hybridized carbons (Fsp3) is 0.0909. The normalized spacial score (nSPS) is 10.2. The van der Waals surface area contributed by atoms with E-state index in [1.54, 1.807) is 0 Å². The standard InChI is InChI=1S/C22H22N2/c1-17(24-16-18-7-6-10-22(15-18)23-2)19-11-13-21(14-12-19)20-8-4-3-5-9-20/h3-15,23-24H,1,16H2,2H3. The van der Waals surface area contributed by atoms with Gasteiger partial charge in [-0.05, 0) is 34.4 Å². The topological polar surface area (TPSA) is 24.1 Å². The summed E-state index contributed by atoms with van der Waals surface area (Å²) in [5.41, 5.74) is 6.83. The van der Waals surface area contributed by atoms with E-state index in [2.05, 4.69) is 90.0 Å². The van der Waals surface area contributed by atoms with E-state index in [4.69, 9.17) is 0 Å². The molecular formula is C22H22N2. The third-order valence-corrected chi connectivity index (χ3v) is 4.06. The van der Waals surface area contributed by atoms with Crippen LogP contribution in [0.5, 0.6) is 0 Å². The van der Waals surface area contributed by atoms with Gasteiger partial charge in [0.1, 0.15) is 0 Å². The van der Waals surface area contributed by atoms with Gasteiger partial charge in [-0.25, -0.2) is 0 Å². The van der Waals surface area contributed by atoms with Crippen LogP contribution in [0.2, 0.25) is 0 Å². The Morgan fingerprint density at radius 3 is 2.25 bits per heavy atom. The molecule has 2 N–H and O–H groups in total. The quantitative estimate of drug-likeness (QED) is 0.657. The monoisotopic (exact) mass is 314 g/mol. The van der Waals surface area contributed by atoms with Crippen LogP contribution in [0, 0.1) is 0 Å². The van der Waals surface area contributed by atoms with E-state index in [1.165, 1.54) is 16.7 Å². The van der Waals surface area contributed by atoms with Gasteiger partial charge in [0.2, 0.25) is 0 Å². The number of anilines is 1. The number of rotatable bonds is 6. The van der Waals surface area contributed by atoms with Crippen molar-refractivity contribution in [1.29, 1.82) is 0 Å². The number of nitrogens with one attached hydrogen (secondary N) is 2. The minimum Gasteiger partial charge on any atom is -0.388 e. The number of hydrogen-bond acceptors (Lipinski definition) is 2. The Balaban J connectivity index is 1.65. The lowest BCUT2D eigenvalue weighted by atomic mass is 10.0. The Hall–Kier alpha value is -3.00. The van der Waals surface area contributed by atoms with Gasteiger partial charge in [0, 0.05) is 25.0 Å². The second-order valence-corrected chi connectivity index (χ2v) is 5.73. The highest BCUT2D eigenvalue weighted by atomic mass is 14.9. The maximum atomic E-state index is 4.16. The molecule has 0 aliphatic heterocycles. The third-order valence-electron chi connectivity index (χ3n) is 4.06. The summed E-state index contributed by atoms with van der Waals surface area (Å²) in [5, 5.41) is 6.56. The molecule has 2 heteroatoms. The third kappa shape index (κ3) is 3.85. The van der Waals surface area contributed by atoms with E-state index < -0.39 is 0 Å². The summed E-state index contributed by atoms with van der Waals surface area (Å²) in [6.45, 7) is 4.92. The predicted octanol–water partition coefficient (Wildman–Crippen LogP) is 5.16. The van der Waals surface area contributed by atoms with Crippen LogP contribution in [0.3, 0.4) is 0 Å². The predicted molar refractivity (Wildman–Crippen MR) is 104 cm³/mol. The van der Waals surface area contributed by atoms with E-state index in [0.29, 0.717) is 0 Å². The van der Waals surface area contributed by atoms with Crippen LogP contribution in [-0.4, -0.2) is 7.05 Å². The highest BCUT2D eigenvalue weighted by Gasteiger charge is 2.01. The highest BCUT2D eigenvalue weighted by molar-refractivity contribution is 5.68. The molecule has 0 bridgehead atoms. The van der Waals surface area contributed by atoms with Crippen molar-refractivity contribution >= 4 is 11.4 Å². The van der Waals surface area contributed by atoms with Crippen molar-refractivity contribution in [3.63, 3.8) is 0 Å². The summed E-state index contributed by atoms with van der Waals surface area (Å²) in [4.78, 5) is 0. The molecular weight excluding hydrogens is 292 g/mol. The molecule has 3 aromatic rings. The van der Waals surface area contributed by atoms with Crippen molar-refractivity contribution in [2.75, 3.05) is 12.4 Å². The van der Waals surface area contributed by atoms with Gasteiger partial charge in [0.25, 0.3) is 0 Å². The van der Waals surface area contributed by atoms with Gasteiger partial charge in [0.15, 0.2) is 0 Å². The van der Waals surface area contributed by atoms with Gasteiger partial charge in [-0.3, -0.25) is 0 Å². The summed E-state index contributed by atoms with van der Waals surface area (Å²) in [7, 11) is 1.93. The molecule has 0 aliphatic carbocycles. The molecule has 0 heterocycles. The van der Waals surface area contributed by atoms with Gasteiger partial charge < -0.3 is 10.6 Å². The molecule has 0 aromatic heterocycles. The average Bonchev–Trinajstić information content (AvgIpc) is 2.67. The second kappa shape index (κ2) is 7.51. The largest absolute Gasteiger partial charge is 0.388 e. The van der Waals surface area contributed by atoms with Crippen molar-refractivity contribution in [2.24, 2.45) is 0 Å². The molecule has 120 valence electrons. The lowest BCUT2D eigenvalue weighted by molar-refractivity contribution is 0.892. The van der Waals surface area contributed by atoms with Gasteiger partial charge in [0.05, 0.1) is 0 Å². The molecule has 0 fully saturated rings. The van der Waals surface area contributed by atoms with E-state index in [0.717, 1.165) is 23.5 Å². The highest BCUT2D eigenvalue weighted by Crippen LogP contribution is 2.21. The van der Waals surface area contributed by atoms with Crippen LogP contribution >= 0.6 is 0 Å². The number of benzene rings is 3. The Morgan fingerprint density at radius 1 is 0.833 bits per heavy atom. The first-order chi connectivity index (χ1) is 11.8. The Kier molecular flexibility index (Phi) is 4.97. The fourth-order valence-corrected chi connectivity index (χ4v) is 2.64. The average molecular weight is 314 g/mol. The smallest absolute Gasteiger partial charge is 0.0401 e. The van der Waals surface area contributed by atoms with Crippen molar-refractivity contribution in [2.45, 2.75) is 6.54 Å². The zero-order valence-corrected chi connectivity index (χ0v) is 13.9. The number of hydrogen-bond donors (Lipinski definition) is 2. The van der Waals surface area contributed by atoms with Crippen molar-refractivity contribution in [3.05, 3.63) is 96.6 Å². The van der Waals surface area contributed by atoms with Crippen LogP contribution in [0.15, 0.2) is 85.4 Å². The van der Waals surface area contributed by atoms with Crippen molar-refractivity contribution in [1.82, 2.24) is 5.32 Å². The van der Waals surface area contributed by atoms with Crippen molar-refractivity contribution in [3.8, 4) is 11.1 Å². The first-order valence-electron chi connectivity index (χ1n) is 8.11. The Bertz CT molecular complexity index is 805. The molecule has 0 unspecified atom stereocenters. The van der Waals surface area contributed by atoms with Crippen LogP contribution in [0.25, 0.3) is 16.8 Å². The van der Waals surface area contributed by atoms with E-state index >= 15 is 0 Å². The molecule has 24 heavy (non-hydrogen) atoms. The van der Waals surface area contributed by atoms with Gasteiger partial charge in [-0.1, -0.05) is 73.3 Å². The Morgan fingerprint density at radius 2 is 1.54 bits per heavy atom. The Labute approximate surface area is 143 Å². The lowest BCUT2D eigenvalue weighted by Gasteiger charge is -2.11. The first-order valence-corrected chi connectivity index (χ1v) is 8.11. The van der Waals surface area contributed by atoms with Gasteiger partial charge >= 0.3 is 0 Å². The first kappa shape index (κ1) is 15.9. The summed E-state index contributed by atoms with van der Waals surface area (Å²) < 4.78 is 0. The summed E-state index contributed by atoms with van der Waals surface area (Å²) >= 11 is 0. The zero-order valence-electron chi connectivity index (χ0n) is 13.9. The molecule has 3 rings (SSSR count). The molecule has 0 saturated carbocycles. The molecule has 0 radical (unpaired) electrons. The van der Waals surface area contributed by atoms with Crippen LogP contribution in [-0.2, 0) is 6.54 Å². The van der Waals surface area contributed by atoms with Crippen molar-refractivity contribution < 1.29 is 0 Å². The van der Waals surface area contributed by atoms with E-state index in [9.17, 15) is 0 Å². The molecule has 0 aliphatic rings. The maximum Gasteiger partial charge on any atom is 0.0401 e.